The van der Waals surface area contributed by atoms with Crippen molar-refractivity contribution < 1.29 is 4.79 Å². The standard InChI is InChI=1S/C18H28N2O/c1-14(2)19-11-5-8-18(21)20(17-9-10-17)13-16-7-4-6-15(3)12-16/h4,6-7,12,14,17,19H,5,8-11,13H2,1-3H3. The van der Waals surface area contributed by atoms with Crippen LogP contribution in [0.1, 0.15) is 50.7 Å². The van der Waals surface area contributed by atoms with Gasteiger partial charge in [-0.25, -0.2) is 0 Å². The quantitative estimate of drug-likeness (QED) is 0.745. The molecule has 3 nitrogen and oxygen atoms in total. The number of nitrogens with one attached hydrogen (secondary N) is 1. The summed E-state index contributed by atoms with van der Waals surface area (Å²) in [5, 5.41) is 3.37. The lowest BCUT2D eigenvalue weighted by Gasteiger charge is -2.23. The number of hydrogen-bond donors (Lipinski definition) is 1. The van der Waals surface area contributed by atoms with E-state index in [-0.39, 0.29) is 0 Å². The van der Waals surface area contributed by atoms with Gasteiger partial charge >= 0.3 is 0 Å². The summed E-state index contributed by atoms with van der Waals surface area (Å²) in [4.78, 5) is 14.5. The van der Waals surface area contributed by atoms with Gasteiger partial charge in [0.05, 0.1) is 0 Å². The first kappa shape index (κ1) is 16.0. The van der Waals surface area contributed by atoms with Crippen LogP contribution in [-0.4, -0.2) is 29.4 Å². The Balaban J connectivity index is 1.85. The van der Waals surface area contributed by atoms with Crippen LogP contribution in [0, 0.1) is 6.92 Å². The maximum atomic E-state index is 12.5. The average Bonchev–Trinajstić information content (AvgIpc) is 3.25. The van der Waals surface area contributed by atoms with E-state index in [4.69, 9.17) is 0 Å². The fourth-order valence-corrected chi connectivity index (χ4v) is 2.59. The highest BCUT2D eigenvalue weighted by molar-refractivity contribution is 5.76. The van der Waals surface area contributed by atoms with E-state index in [9.17, 15) is 4.79 Å². The van der Waals surface area contributed by atoms with Gasteiger partial charge in [0.2, 0.25) is 5.91 Å². The molecule has 1 aliphatic carbocycles. The molecule has 1 amide bonds. The minimum Gasteiger partial charge on any atom is -0.335 e. The highest BCUT2D eigenvalue weighted by Gasteiger charge is 2.32. The van der Waals surface area contributed by atoms with Crippen LogP contribution in [0.3, 0.4) is 0 Å². The summed E-state index contributed by atoms with van der Waals surface area (Å²) in [5.41, 5.74) is 2.51. The molecule has 0 bridgehead atoms. The van der Waals surface area contributed by atoms with Crippen molar-refractivity contribution in [3.05, 3.63) is 35.4 Å². The van der Waals surface area contributed by atoms with Gasteiger partial charge in [0.25, 0.3) is 0 Å². The predicted molar refractivity (Wildman–Crippen MR) is 87.1 cm³/mol. The first-order valence-electron chi connectivity index (χ1n) is 8.14. The Labute approximate surface area is 128 Å². The first-order chi connectivity index (χ1) is 10.1. The van der Waals surface area contributed by atoms with E-state index >= 15 is 0 Å². The van der Waals surface area contributed by atoms with Crippen molar-refractivity contribution in [2.75, 3.05) is 6.54 Å². The van der Waals surface area contributed by atoms with Crippen LogP contribution in [0.5, 0.6) is 0 Å². The fraction of sp³-hybridized carbons (Fsp3) is 0.611. The molecule has 3 heteroatoms. The Morgan fingerprint density at radius 3 is 2.76 bits per heavy atom. The molecule has 1 N–H and O–H groups in total. The molecule has 1 aromatic carbocycles. The zero-order valence-corrected chi connectivity index (χ0v) is 13.6. The Kier molecular flexibility index (Phi) is 5.80. The van der Waals surface area contributed by atoms with Gasteiger partial charge in [-0.2, -0.15) is 0 Å². The normalized spacial score (nSPS) is 14.5. The zero-order chi connectivity index (χ0) is 15.2. The van der Waals surface area contributed by atoms with Crippen LogP contribution in [0.2, 0.25) is 0 Å². The lowest BCUT2D eigenvalue weighted by atomic mass is 10.1. The largest absolute Gasteiger partial charge is 0.335 e. The Morgan fingerprint density at radius 2 is 2.14 bits per heavy atom. The van der Waals surface area contributed by atoms with Gasteiger partial charge in [0.15, 0.2) is 0 Å². The monoisotopic (exact) mass is 288 g/mol. The van der Waals surface area contributed by atoms with Crippen molar-refractivity contribution in [2.45, 2.75) is 65.1 Å². The lowest BCUT2D eigenvalue weighted by molar-refractivity contribution is -0.132. The number of hydrogen-bond acceptors (Lipinski definition) is 2. The van der Waals surface area contributed by atoms with E-state index in [1.54, 1.807) is 0 Å². The van der Waals surface area contributed by atoms with Gasteiger partial charge in [0, 0.05) is 25.0 Å². The minimum atomic E-state index is 0.310. The minimum absolute atomic E-state index is 0.310. The number of carbonyl (C=O) groups is 1. The van der Waals surface area contributed by atoms with Crippen molar-refractivity contribution in [3.63, 3.8) is 0 Å². The van der Waals surface area contributed by atoms with Crippen molar-refractivity contribution in [3.8, 4) is 0 Å². The van der Waals surface area contributed by atoms with Crippen LogP contribution in [0.15, 0.2) is 24.3 Å². The third-order valence-electron chi connectivity index (χ3n) is 3.86. The second kappa shape index (κ2) is 7.60. The summed E-state index contributed by atoms with van der Waals surface area (Å²) in [6.07, 6.45) is 3.92. The molecule has 21 heavy (non-hydrogen) atoms. The number of rotatable bonds is 8. The second-order valence-corrected chi connectivity index (χ2v) is 6.45. The first-order valence-corrected chi connectivity index (χ1v) is 8.14. The number of carbonyl (C=O) groups excluding carboxylic acids is 1. The number of amides is 1. The molecule has 0 unspecified atom stereocenters. The molecular formula is C18H28N2O. The Morgan fingerprint density at radius 1 is 1.38 bits per heavy atom. The summed E-state index contributed by atoms with van der Waals surface area (Å²) in [6, 6.07) is 9.46. The van der Waals surface area contributed by atoms with E-state index in [1.165, 1.54) is 24.0 Å². The Hall–Kier alpha value is -1.35. The van der Waals surface area contributed by atoms with Gasteiger partial charge in [-0.1, -0.05) is 43.7 Å². The molecule has 1 saturated carbocycles. The van der Waals surface area contributed by atoms with E-state index < -0.39 is 0 Å². The molecule has 0 aliphatic heterocycles. The molecule has 1 fully saturated rings. The summed E-state index contributed by atoms with van der Waals surface area (Å²) >= 11 is 0. The van der Waals surface area contributed by atoms with Gasteiger partial charge in [-0.05, 0) is 38.3 Å². The maximum Gasteiger partial charge on any atom is 0.223 e. The van der Waals surface area contributed by atoms with Gasteiger partial charge in [-0.3, -0.25) is 4.79 Å². The SMILES string of the molecule is Cc1cccc(CN(C(=O)CCCNC(C)C)C2CC2)c1. The van der Waals surface area contributed by atoms with E-state index in [0.29, 0.717) is 24.4 Å². The number of nitrogens with zero attached hydrogens (tertiary/aromatic N) is 1. The summed E-state index contributed by atoms with van der Waals surface area (Å²) in [6.45, 7) is 8.06. The molecule has 0 atom stereocenters. The third kappa shape index (κ3) is 5.50. The molecular weight excluding hydrogens is 260 g/mol. The van der Waals surface area contributed by atoms with E-state index in [2.05, 4.69) is 55.3 Å². The smallest absolute Gasteiger partial charge is 0.223 e. The topological polar surface area (TPSA) is 32.3 Å². The van der Waals surface area contributed by atoms with E-state index in [1.807, 2.05) is 0 Å². The molecule has 116 valence electrons. The zero-order valence-electron chi connectivity index (χ0n) is 13.6. The predicted octanol–water partition coefficient (Wildman–Crippen LogP) is 3.26. The summed E-state index contributed by atoms with van der Waals surface area (Å²) in [5.74, 6) is 0.310. The van der Waals surface area contributed by atoms with Crippen molar-refractivity contribution in [1.82, 2.24) is 10.2 Å². The molecule has 1 aliphatic rings. The van der Waals surface area contributed by atoms with Crippen molar-refractivity contribution in [1.29, 1.82) is 0 Å². The second-order valence-electron chi connectivity index (χ2n) is 6.45. The van der Waals surface area contributed by atoms with Crippen LogP contribution in [0.4, 0.5) is 0 Å². The van der Waals surface area contributed by atoms with Gasteiger partial charge in [0.1, 0.15) is 0 Å². The average molecular weight is 288 g/mol. The molecule has 0 spiro atoms. The van der Waals surface area contributed by atoms with Crippen LogP contribution < -0.4 is 5.32 Å². The number of benzene rings is 1. The molecule has 0 radical (unpaired) electrons. The summed E-state index contributed by atoms with van der Waals surface area (Å²) in [7, 11) is 0. The highest BCUT2D eigenvalue weighted by atomic mass is 16.2. The van der Waals surface area contributed by atoms with E-state index in [0.717, 1.165) is 19.5 Å². The molecule has 2 rings (SSSR count). The van der Waals surface area contributed by atoms with Crippen molar-refractivity contribution in [2.24, 2.45) is 0 Å². The van der Waals surface area contributed by atoms with Crippen LogP contribution in [-0.2, 0) is 11.3 Å². The highest BCUT2D eigenvalue weighted by Crippen LogP contribution is 2.29. The summed E-state index contributed by atoms with van der Waals surface area (Å²) < 4.78 is 0. The third-order valence-corrected chi connectivity index (χ3v) is 3.86. The van der Waals surface area contributed by atoms with Crippen LogP contribution in [0.25, 0.3) is 0 Å². The van der Waals surface area contributed by atoms with Gasteiger partial charge < -0.3 is 10.2 Å². The molecule has 0 aromatic heterocycles. The number of aryl methyl sites for hydroxylation is 1. The fourth-order valence-electron chi connectivity index (χ4n) is 2.59. The molecule has 1 aromatic rings. The van der Waals surface area contributed by atoms with Gasteiger partial charge in [-0.15, -0.1) is 0 Å². The molecule has 0 saturated heterocycles. The van der Waals surface area contributed by atoms with Crippen LogP contribution >= 0.6 is 0 Å². The lowest BCUT2D eigenvalue weighted by Crippen LogP contribution is -2.33. The molecule has 0 heterocycles. The maximum absolute atomic E-state index is 12.5. The van der Waals surface area contributed by atoms with Crippen molar-refractivity contribution >= 4 is 5.91 Å². The Bertz CT molecular complexity index is 466.